The third kappa shape index (κ3) is 6.68. The van der Waals surface area contributed by atoms with Crippen LogP contribution in [0.1, 0.15) is 22.3 Å². The van der Waals surface area contributed by atoms with Crippen molar-refractivity contribution in [3.05, 3.63) is 93.9 Å². The van der Waals surface area contributed by atoms with E-state index in [0.29, 0.717) is 17.0 Å². The molecule has 0 aromatic heterocycles. The summed E-state index contributed by atoms with van der Waals surface area (Å²) in [6.07, 6.45) is 1.58. The van der Waals surface area contributed by atoms with E-state index < -0.39 is 17.1 Å². The summed E-state index contributed by atoms with van der Waals surface area (Å²) in [6, 6.07) is 19.8. The SMILES string of the molecule is Cc1ccc(NC(=O)CN2C(=O)S/C(=C\c3ccc(OCC(=O)Nc4ccccc4C)cc3)C2=O)cc1C. The van der Waals surface area contributed by atoms with Crippen molar-refractivity contribution in [2.45, 2.75) is 20.8 Å². The summed E-state index contributed by atoms with van der Waals surface area (Å²) in [5.41, 5.74) is 5.09. The number of ether oxygens (including phenoxy) is 1. The van der Waals surface area contributed by atoms with Crippen LogP contribution >= 0.6 is 11.8 Å². The molecule has 1 heterocycles. The summed E-state index contributed by atoms with van der Waals surface area (Å²) >= 11 is 0.784. The standard InChI is InChI=1S/C29H27N3O5S/c1-18-8-11-22(14-20(18)3)30-26(33)16-32-28(35)25(38-29(32)36)15-21-9-12-23(13-10-21)37-17-27(34)31-24-7-5-4-6-19(24)2/h4-15H,16-17H2,1-3H3,(H,30,33)(H,31,34)/b25-15-. The molecule has 1 saturated heterocycles. The van der Waals surface area contributed by atoms with E-state index in [4.69, 9.17) is 4.74 Å². The number of thioether (sulfide) groups is 1. The van der Waals surface area contributed by atoms with Gasteiger partial charge in [0.1, 0.15) is 12.3 Å². The number of hydrogen-bond acceptors (Lipinski definition) is 6. The molecule has 3 aromatic carbocycles. The normalized spacial score (nSPS) is 14.1. The molecule has 0 aliphatic carbocycles. The van der Waals surface area contributed by atoms with Crippen LogP contribution in [0.2, 0.25) is 0 Å². The van der Waals surface area contributed by atoms with Crippen molar-refractivity contribution >= 4 is 52.2 Å². The van der Waals surface area contributed by atoms with Crippen molar-refractivity contribution in [3.8, 4) is 5.75 Å². The highest BCUT2D eigenvalue weighted by atomic mass is 32.2. The average Bonchev–Trinajstić information content (AvgIpc) is 3.14. The van der Waals surface area contributed by atoms with Crippen molar-refractivity contribution in [2.24, 2.45) is 0 Å². The number of carbonyl (C=O) groups is 4. The Morgan fingerprint density at radius 1 is 0.868 bits per heavy atom. The van der Waals surface area contributed by atoms with Crippen LogP contribution in [0.15, 0.2) is 71.6 Å². The molecule has 194 valence electrons. The second-order valence-electron chi connectivity index (χ2n) is 8.84. The molecule has 0 unspecified atom stereocenters. The summed E-state index contributed by atoms with van der Waals surface area (Å²) in [6.45, 7) is 5.29. The van der Waals surface area contributed by atoms with Crippen molar-refractivity contribution in [1.29, 1.82) is 0 Å². The molecule has 0 radical (unpaired) electrons. The molecule has 0 spiro atoms. The lowest BCUT2D eigenvalue weighted by atomic mass is 10.1. The number of carbonyl (C=O) groups excluding carboxylic acids is 4. The summed E-state index contributed by atoms with van der Waals surface area (Å²) in [5.74, 6) is -0.773. The van der Waals surface area contributed by atoms with E-state index in [0.717, 1.165) is 39.0 Å². The van der Waals surface area contributed by atoms with E-state index in [2.05, 4.69) is 10.6 Å². The Morgan fingerprint density at radius 3 is 2.32 bits per heavy atom. The smallest absolute Gasteiger partial charge is 0.294 e. The highest BCUT2D eigenvalue weighted by Gasteiger charge is 2.36. The van der Waals surface area contributed by atoms with Gasteiger partial charge in [-0.3, -0.25) is 24.1 Å². The zero-order chi connectivity index (χ0) is 27.2. The van der Waals surface area contributed by atoms with Gasteiger partial charge in [0.25, 0.3) is 17.1 Å². The monoisotopic (exact) mass is 529 g/mol. The van der Waals surface area contributed by atoms with E-state index in [1.165, 1.54) is 0 Å². The van der Waals surface area contributed by atoms with Crippen LogP contribution in [-0.2, 0) is 14.4 Å². The number of anilines is 2. The Labute approximate surface area is 225 Å². The van der Waals surface area contributed by atoms with Gasteiger partial charge in [-0.15, -0.1) is 0 Å². The van der Waals surface area contributed by atoms with Crippen LogP contribution in [0.4, 0.5) is 16.2 Å². The van der Waals surface area contributed by atoms with Crippen molar-refractivity contribution in [1.82, 2.24) is 4.90 Å². The minimum atomic E-state index is -0.525. The summed E-state index contributed by atoms with van der Waals surface area (Å²) in [5, 5.41) is 5.03. The Morgan fingerprint density at radius 2 is 1.61 bits per heavy atom. The molecule has 1 aliphatic rings. The molecule has 3 aromatic rings. The summed E-state index contributed by atoms with van der Waals surface area (Å²) < 4.78 is 5.55. The average molecular weight is 530 g/mol. The zero-order valence-electron chi connectivity index (χ0n) is 21.2. The lowest BCUT2D eigenvalue weighted by Gasteiger charge is -2.13. The maximum Gasteiger partial charge on any atom is 0.294 e. The van der Waals surface area contributed by atoms with Crippen LogP contribution in [0.25, 0.3) is 6.08 Å². The molecule has 4 amide bonds. The van der Waals surface area contributed by atoms with Gasteiger partial charge >= 0.3 is 0 Å². The largest absolute Gasteiger partial charge is 0.484 e. The number of nitrogens with one attached hydrogen (secondary N) is 2. The maximum absolute atomic E-state index is 12.8. The Hall–Kier alpha value is -4.37. The van der Waals surface area contributed by atoms with Gasteiger partial charge in [-0.05, 0) is 91.2 Å². The minimum absolute atomic E-state index is 0.156. The Balaban J connectivity index is 1.31. The number of benzene rings is 3. The van der Waals surface area contributed by atoms with Gasteiger partial charge in [-0.2, -0.15) is 0 Å². The summed E-state index contributed by atoms with van der Waals surface area (Å²) in [4.78, 5) is 51.0. The van der Waals surface area contributed by atoms with Crippen LogP contribution in [0, 0.1) is 20.8 Å². The molecule has 1 fully saturated rings. The lowest BCUT2D eigenvalue weighted by Crippen LogP contribution is -2.36. The number of amides is 4. The van der Waals surface area contributed by atoms with E-state index in [-0.39, 0.29) is 24.0 Å². The molecule has 0 saturated carbocycles. The van der Waals surface area contributed by atoms with Gasteiger partial charge < -0.3 is 15.4 Å². The second-order valence-corrected chi connectivity index (χ2v) is 9.83. The second kappa shape index (κ2) is 11.8. The molecule has 8 nitrogen and oxygen atoms in total. The summed E-state index contributed by atoms with van der Waals surface area (Å²) in [7, 11) is 0. The number of aryl methyl sites for hydroxylation is 3. The molecular weight excluding hydrogens is 502 g/mol. The number of nitrogens with zero attached hydrogens (tertiary/aromatic N) is 1. The number of imide groups is 1. The Bertz CT molecular complexity index is 1430. The first-order valence-electron chi connectivity index (χ1n) is 11.9. The van der Waals surface area contributed by atoms with Crippen LogP contribution < -0.4 is 15.4 Å². The predicted octanol–water partition coefficient (Wildman–Crippen LogP) is 5.30. The molecule has 0 atom stereocenters. The Kier molecular flexibility index (Phi) is 8.28. The first-order valence-corrected chi connectivity index (χ1v) is 12.7. The zero-order valence-corrected chi connectivity index (χ0v) is 22.1. The highest BCUT2D eigenvalue weighted by molar-refractivity contribution is 8.18. The molecule has 2 N–H and O–H groups in total. The van der Waals surface area contributed by atoms with Gasteiger partial charge in [0.15, 0.2) is 6.61 Å². The molecule has 9 heteroatoms. The van der Waals surface area contributed by atoms with E-state index in [1.807, 2.05) is 57.2 Å². The maximum atomic E-state index is 12.8. The molecule has 0 bridgehead atoms. The number of hydrogen-bond donors (Lipinski definition) is 2. The number of rotatable bonds is 8. The first kappa shape index (κ1) is 26.7. The lowest BCUT2D eigenvalue weighted by molar-refractivity contribution is -0.127. The molecule has 4 rings (SSSR count). The molecule has 38 heavy (non-hydrogen) atoms. The highest BCUT2D eigenvalue weighted by Crippen LogP contribution is 2.32. The van der Waals surface area contributed by atoms with E-state index in [1.54, 1.807) is 36.4 Å². The third-order valence-electron chi connectivity index (χ3n) is 5.93. The van der Waals surface area contributed by atoms with Crippen molar-refractivity contribution < 1.29 is 23.9 Å². The van der Waals surface area contributed by atoms with Crippen LogP contribution in [0.3, 0.4) is 0 Å². The topological polar surface area (TPSA) is 105 Å². The number of para-hydroxylation sites is 1. The van der Waals surface area contributed by atoms with Gasteiger partial charge in [0, 0.05) is 11.4 Å². The predicted molar refractivity (Wildman–Crippen MR) is 149 cm³/mol. The fraction of sp³-hybridized carbons (Fsp3) is 0.172. The van der Waals surface area contributed by atoms with Crippen molar-refractivity contribution in [2.75, 3.05) is 23.8 Å². The van der Waals surface area contributed by atoms with Crippen LogP contribution in [-0.4, -0.2) is 41.0 Å². The van der Waals surface area contributed by atoms with Gasteiger partial charge in [0.05, 0.1) is 4.91 Å². The van der Waals surface area contributed by atoms with Crippen molar-refractivity contribution in [3.63, 3.8) is 0 Å². The fourth-order valence-electron chi connectivity index (χ4n) is 3.66. The molecule has 1 aliphatic heterocycles. The van der Waals surface area contributed by atoms with E-state index >= 15 is 0 Å². The fourth-order valence-corrected chi connectivity index (χ4v) is 4.50. The minimum Gasteiger partial charge on any atom is -0.484 e. The van der Waals surface area contributed by atoms with E-state index in [9.17, 15) is 19.2 Å². The quantitative estimate of drug-likeness (QED) is 0.384. The third-order valence-corrected chi connectivity index (χ3v) is 6.84. The van der Waals surface area contributed by atoms with Gasteiger partial charge in [-0.1, -0.05) is 36.4 Å². The molecular formula is C29H27N3O5S. The van der Waals surface area contributed by atoms with Gasteiger partial charge in [0.2, 0.25) is 5.91 Å². The van der Waals surface area contributed by atoms with Gasteiger partial charge in [-0.25, -0.2) is 0 Å². The van der Waals surface area contributed by atoms with Crippen LogP contribution in [0.5, 0.6) is 5.75 Å². The first-order chi connectivity index (χ1) is 18.2.